The van der Waals surface area contributed by atoms with Gasteiger partial charge < -0.3 is 15.2 Å². The van der Waals surface area contributed by atoms with Gasteiger partial charge in [-0.25, -0.2) is 9.59 Å². The number of hydrogen-bond donors (Lipinski definition) is 2. The number of hydrogen-bond acceptors (Lipinski definition) is 5. The monoisotopic (exact) mass is 363 g/mol. The fraction of sp³-hybridized carbons (Fsp3) is 0.875. The Labute approximate surface area is 147 Å². The molecule has 1 unspecified atom stereocenters. The van der Waals surface area contributed by atoms with Gasteiger partial charge in [0.25, 0.3) is 0 Å². The smallest absolute Gasteiger partial charge is 0.408 e. The zero-order chi connectivity index (χ0) is 17.3. The first-order chi connectivity index (χ1) is 10.8. The summed E-state index contributed by atoms with van der Waals surface area (Å²) in [5.41, 5.74) is -0.630. The second kappa shape index (κ2) is 10.3. The van der Waals surface area contributed by atoms with Gasteiger partial charge in [-0.15, -0.1) is 0 Å². The van der Waals surface area contributed by atoms with Gasteiger partial charge in [0.05, 0.1) is 0 Å². The average Bonchev–Trinajstić information content (AvgIpc) is 2.44. The molecule has 1 aliphatic rings. The van der Waals surface area contributed by atoms with Crippen LogP contribution in [0.2, 0.25) is 0 Å². The predicted molar refractivity (Wildman–Crippen MR) is 96.9 cm³/mol. The van der Waals surface area contributed by atoms with Crippen molar-refractivity contribution in [3.8, 4) is 0 Å². The third kappa shape index (κ3) is 10.0. The molecule has 1 amide bonds. The number of carbonyl (C=O) groups excluding carboxylic acids is 1. The average molecular weight is 364 g/mol. The lowest BCUT2D eigenvalue weighted by molar-refractivity contribution is -0.138. The van der Waals surface area contributed by atoms with Gasteiger partial charge >= 0.3 is 12.1 Å². The third-order valence-electron chi connectivity index (χ3n) is 3.64. The van der Waals surface area contributed by atoms with Crippen molar-refractivity contribution < 1.29 is 19.4 Å². The molecule has 0 aliphatic heterocycles. The molecule has 0 bridgehead atoms. The van der Waals surface area contributed by atoms with Crippen molar-refractivity contribution in [2.75, 3.05) is 11.5 Å². The van der Waals surface area contributed by atoms with E-state index in [0.717, 1.165) is 11.7 Å². The van der Waals surface area contributed by atoms with Crippen LogP contribution < -0.4 is 5.32 Å². The van der Waals surface area contributed by atoms with Crippen LogP contribution in [0.1, 0.15) is 59.3 Å². The van der Waals surface area contributed by atoms with E-state index in [1.165, 1.54) is 49.3 Å². The maximum absolute atomic E-state index is 11.7. The second-order valence-corrected chi connectivity index (χ2v) is 9.56. The number of alkyl carbamates (subject to hydrolysis) is 1. The van der Waals surface area contributed by atoms with E-state index in [-0.39, 0.29) is 0 Å². The quantitative estimate of drug-likeness (QED) is 0.494. The SMILES string of the molecule is CC(C)(C)OC(=O)NC(CSSCCC1CCCCC1)C(=O)O. The molecule has 0 saturated heterocycles. The van der Waals surface area contributed by atoms with Gasteiger partial charge in [0.15, 0.2) is 0 Å². The van der Waals surface area contributed by atoms with E-state index in [1.54, 1.807) is 31.6 Å². The van der Waals surface area contributed by atoms with Crippen LogP contribution in [0.25, 0.3) is 0 Å². The molecule has 0 radical (unpaired) electrons. The fourth-order valence-corrected chi connectivity index (χ4v) is 4.83. The molecule has 1 saturated carbocycles. The minimum atomic E-state index is -1.03. The van der Waals surface area contributed by atoms with Crippen LogP contribution in [0.4, 0.5) is 4.79 Å². The van der Waals surface area contributed by atoms with Gasteiger partial charge in [-0.2, -0.15) is 0 Å². The van der Waals surface area contributed by atoms with Crippen LogP contribution in [0, 0.1) is 5.92 Å². The molecule has 1 atom stereocenters. The van der Waals surface area contributed by atoms with E-state index in [1.807, 2.05) is 0 Å². The number of carboxylic acid groups (broad SMARTS) is 1. The summed E-state index contributed by atoms with van der Waals surface area (Å²) in [6, 6.07) is -0.919. The normalized spacial score (nSPS) is 17.5. The Morgan fingerprint density at radius 3 is 2.43 bits per heavy atom. The van der Waals surface area contributed by atoms with Gasteiger partial charge in [0.2, 0.25) is 0 Å². The number of ether oxygens (including phenoxy) is 1. The maximum atomic E-state index is 11.7. The molecule has 1 rings (SSSR count). The molecule has 1 aliphatic carbocycles. The molecule has 7 heteroatoms. The van der Waals surface area contributed by atoms with E-state index >= 15 is 0 Å². The Hall–Kier alpha value is -0.560. The third-order valence-corrected chi connectivity index (χ3v) is 6.09. The van der Waals surface area contributed by atoms with Crippen molar-refractivity contribution in [1.82, 2.24) is 5.32 Å². The summed E-state index contributed by atoms with van der Waals surface area (Å²) in [6.45, 7) is 5.24. The number of nitrogens with one attached hydrogen (secondary N) is 1. The molecule has 134 valence electrons. The highest BCUT2D eigenvalue weighted by Gasteiger charge is 2.24. The number of amides is 1. The standard InChI is InChI=1S/C16H29NO4S2/c1-16(2,3)21-15(20)17-13(14(18)19)11-23-22-10-9-12-7-5-4-6-8-12/h12-13H,4-11H2,1-3H3,(H,17,20)(H,18,19). The highest BCUT2D eigenvalue weighted by Crippen LogP contribution is 2.30. The number of carbonyl (C=O) groups is 2. The lowest BCUT2D eigenvalue weighted by Crippen LogP contribution is -2.44. The molecule has 5 nitrogen and oxygen atoms in total. The minimum Gasteiger partial charge on any atom is -0.480 e. The first kappa shape index (κ1) is 20.5. The van der Waals surface area contributed by atoms with Crippen LogP contribution >= 0.6 is 21.6 Å². The number of aliphatic carboxylic acids is 1. The van der Waals surface area contributed by atoms with E-state index in [2.05, 4.69) is 5.32 Å². The van der Waals surface area contributed by atoms with E-state index in [4.69, 9.17) is 4.74 Å². The van der Waals surface area contributed by atoms with Gasteiger partial charge in [-0.05, 0) is 33.1 Å². The maximum Gasteiger partial charge on any atom is 0.408 e. The zero-order valence-electron chi connectivity index (χ0n) is 14.3. The van der Waals surface area contributed by atoms with Crippen LogP contribution in [-0.2, 0) is 9.53 Å². The fourth-order valence-electron chi connectivity index (χ4n) is 2.49. The Morgan fingerprint density at radius 1 is 1.22 bits per heavy atom. The van der Waals surface area contributed by atoms with Crippen LogP contribution in [0.5, 0.6) is 0 Å². The summed E-state index contributed by atoms with van der Waals surface area (Å²) >= 11 is 0. The predicted octanol–water partition coefficient (Wildman–Crippen LogP) is 4.32. The van der Waals surface area contributed by atoms with E-state index in [9.17, 15) is 14.7 Å². The first-order valence-electron chi connectivity index (χ1n) is 8.24. The van der Waals surface area contributed by atoms with E-state index < -0.39 is 23.7 Å². The lowest BCUT2D eigenvalue weighted by Gasteiger charge is -2.22. The Morgan fingerprint density at radius 2 is 1.87 bits per heavy atom. The summed E-state index contributed by atoms with van der Waals surface area (Å²) in [5, 5.41) is 11.6. The van der Waals surface area contributed by atoms with Gasteiger partial charge in [0, 0.05) is 11.5 Å². The molecule has 0 heterocycles. The molecule has 2 N–H and O–H groups in total. The second-order valence-electron chi connectivity index (χ2n) is 6.94. The van der Waals surface area contributed by atoms with Crippen molar-refractivity contribution >= 4 is 33.7 Å². The van der Waals surface area contributed by atoms with Gasteiger partial charge in [-0.1, -0.05) is 53.7 Å². The van der Waals surface area contributed by atoms with Crippen molar-refractivity contribution in [1.29, 1.82) is 0 Å². The Balaban J connectivity index is 2.20. The Kier molecular flexibility index (Phi) is 9.20. The highest BCUT2D eigenvalue weighted by molar-refractivity contribution is 8.76. The zero-order valence-corrected chi connectivity index (χ0v) is 15.9. The summed E-state index contributed by atoms with van der Waals surface area (Å²) < 4.78 is 5.10. The molecule has 0 aromatic rings. The molecule has 1 fully saturated rings. The summed E-state index contributed by atoms with van der Waals surface area (Å²) in [4.78, 5) is 22.9. The van der Waals surface area contributed by atoms with Crippen molar-refractivity contribution in [3.05, 3.63) is 0 Å². The van der Waals surface area contributed by atoms with Gasteiger partial charge in [0.1, 0.15) is 11.6 Å². The summed E-state index contributed by atoms with van der Waals surface area (Å²) in [5.74, 6) is 1.18. The number of rotatable bonds is 8. The summed E-state index contributed by atoms with van der Waals surface area (Å²) in [6.07, 6.45) is 7.26. The van der Waals surface area contributed by atoms with Crippen molar-refractivity contribution in [3.63, 3.8) is 0 Å². The molecule has 23 heavy (non-hydrogen) atoms. The highest BCUT2D eigenvalue weighted by atomic mass is 33.1. The number of carboxylic acids is 1. The molecular weight excluding hydrogens is 334 g/mol. The first-order valence-corrected chi connectivity index (χ1v) is 10.7. The summed E-state index contributed by atoms with van der Waals surface area (Å²) in [7, 11) is 3.20. The minimum absolute atomic E-state index is 0.337. The molecule has 0 aromatic heterocycles. The largest absolute Gasteiger partial charge is 0.480 e. The van der Waals surface area contributed by atoms with Crippen molar-refractivity contribution in [2.24, 2.45) is 5.92 Å². The topological polar surface area (TPSA) is 75.6 Å². The molecule has 0 aromatic carbocycles. The van der Waals surface area contributed by atoms with Crippen LogP contribution in [0.3, 0.4) is 0 Å². The van der Waals surface area contributed by atoms with Crippen LogP contribution in [0.15, 0.2) is 0 Å². The lowest BCUT2D eigenvalue weighted by atomic mass is 9.88. The Bertz CT molecular complexity index is 379. The molecule has 0 spiro atoms. The van der Waals surface area contributed by atoms with Crippen LogP contribution in [-0.4, -0.2) is 40.3 Å². The van der Waals surface area contributed by atoms with Gasteiger partial charge in [-0.3, -0.25) is 0 Å². The van der Waals surface area contributed by atoms with E-state index in [0.29, 0.717) is 5.75 Å². The van der Waals surface area contributed by atoms with Crippen molar-refractivity contribution in [2.45, 2.75) is 70.9 Å². The molecular formula is C16H29NO4S2.